The Morgan fingerprint density at radius 3 is 0.497 bits per heavy atom. The SMILES string of the molecule is CC(C)CCC1(CCC(C)C)c2cc(-c3ccc4c(c3)C(C)(C)c3ccc(-c5ccc6c(c5)-c5ccccc5C6(C)C)cc3-4)c(-c3ccc4c(c3)C(C)(C)c3ccc(-c5ccc6c(c5)-c5ccccc5C6(C)C)cc3-4)cc2-c2cc(-c3ccc4c(c3)C(C)(C)c3ccc(-c5ccc6c(c5)-c5ccccc5C6(C)C)cc3-4)c(-c3ccc4c(c3)C(C)(C)c3ccc(-c5ccc6c(c5)-c5ccccc5C6(C)C)cc3-4)cc21. The van der Waals surface area contributed by atoms with E-state index in [1.165, 1.54) is 289 Å². The summed E-state index contributed by atoms with van der Waals surface area (Å²) in [5.41, 5.74) is 67.9. The Bertz CT molecular complexity index is 8180. The molecule has 698 valence electrons. The maximum absolute atomic E-state index is 2.79. The van der Waals surface area contributed by atoms with Gasteiger partial charge in [0.05, 0.1) is 0 Å². The van der Waals surface area contributed by atoms with Gasteiger partial charge < -0.3 is 0 Å². The predicted molar refractivity (Wildman–Crippen MR) is 605 cm³/mol. The van der Waals surface area contributed by atoms with Crippen molar-refractivity contribution in [3.8, 4) is 189 Å². The van der Waals surface area contributed by atoms with E-state index in [1.54, 1.807) is 0 Å². The Morgan fingerprint density at radius 2 is 0.294 bits per heavy atom. The van der Waals surface area contributed by atoms with Gasteiger partial charge in [0.1, 0.15) is 0 Å². The van der Waals surface area contributed by atoms with E-state index in [-0.39, 0.29) is 48.7 Å². The Labute approximate surface area is 847 Å². The molecule has 0 atom stereocenters. The molecule has 0 heterocycles. The molecule has 0 bridgehead atoms. The highest BCUT2D eigenvalue weighted by Crippen LogP contribution is 2.65. The molecule has 143 heavy (non-hydrogen) atoms. The quantitative estimate of drug-likeness (QED) is 0.102. The maximum Gasteiger partial charge on any atom is 0.0215 e. The topological polar surface area (TPSA) is 0 Å². The van der Waals surface area contributed by atoms with Gasteiger partial charge in [-0.25, -0.2) is 0 Å². The largest absolute Gasteiger partial charge is 0.0628 e. The fourth-order valence-electron chi connectivity index (χ4n) is 29.3. The highest BCUT2D eigenvalue weighted by molar-refractivity contribution is 6.03. The maximum atomic E-state index is 2.79. The van der Waals surface area contributed by atoms with Gasteiger partial charge >= 0.3 is 0 Å². The first-order valence-corrected chi connectivity index (χ1v) is 53.1. The van der Waals surface area contributed by atoms with Crippen LogP contribution in [0.5, 0.6) is 0 Å². The standard InChI is InChI=1S/C143H126/c1-81(2)61-63-143(64-62-82(3)4)133-79-105(93-39-51-101-113-71-89(47-59-127(113)141(17,18)131(101)75-93)85-43-55-123-109(67-85)97-31-23-27-35-119(97)137(123,9)10)103(91-37-49-99-111-69-87(45-57-125(111)139(13,14)129(99)73-91)83-41-53-121-107(65-83)95-29-21-25-33-117(95)135(121,5)6)77-115(133)116-78-104(92-38-50-100-112-70-88(46-58-126(112)140(15,16)130(100)74-92)84-42-54-122-108(66-84)96-30-22-26-34-118(96)136(122,7)8)106(80-134(116)143)94-40-52-102-114-72-90(48-60-128(114)142(19,20)132(102)76-94)86-44-56-124-110(68-86)98-32-24-28-36-120(98)138(124,11)12/h21-60,65-82H,61-64H2,1-20H3. The van der Waals surface area contributed by atoms with Crippen molar-refractivity contribution < 1.29 is 0 Å². The number of fused-ring (bicyclic) bond motifs is 27. The van der Waals surface area contributed by atoms with Crippen molar-refractivity contribution in [2.24, 2.45) is 11.8 Å². The predicted octanol–water partition coefficient (Wildman–Crippen LogP) is 38.6. The second-order valence-corrected chi connectivity index (χ2v) is 49.1. The minimum Gasteiger partial charge on any atom is -0.0628 e. The molecule has 9 aliphatic rings. The molecule has 0 fully saturated rings. The molecule has 18 aromatic carbocycles. The van der Waals surface area contributed by atoms with Crippen LogP contribution in [-0.4, -0.2) is 0 Å². The van der Waals surface area contributed by atoms with Crippen LogP contribution in [0.1, 0.15) is 264 Å². The molecular formula is C143H126. The summed E-state index contributed by atoms with van der Waals surface area (Å²) in [5.74, 6) is 0.940. The summed E-state index contributed by atoms with van der Waals surface area (Å²) >= 11 is 0. The van der Waals surface area contributed by atoms with Crippen LogP contribution >= 0.6 is 0 Å². The lowest BCUT2D eigenvalue weighted by molar-refractivity contribution is 0.364. The summed E-state index contributed by atoms with van der Waals surface area (Å²) in [7, 11) is 0. The fraction of sp³-hybridized carbons (Fsp3) is 0.245. The molecule has 0 radical (unpaired) electrons. The first-order valence-electron chi connectivity index (χ1n) is 53.1. The van der Waals surface area contributed by atoms with Crippen LogP contribution in [0, 0.1) is 11.8 Å². The van der Waals surface area contributed by atoms with Crippen LogP contribution in [0.4, 0.5) is 0 Å². The highest BCUT2D eigenvalue weighted by atomic mass is 14.5. The van der Waals surface area contributed by atoms with Gasteiger partial charge in [0.25, 0.3) is 0 Å². The van der Waals surface area contributed by atoms with Crippen molar-refractivity contribution >= 4 is 0 Å². The zero-order chi connectivity index (χ0) is 98.1. The lowest BCUT2D eigenvalue weighted by Crippen LogP contribution is -2.27. The zero-order valence-electron chi connectivity index (χ0n) is 86.8. The van der Waals surface area contributed by atoms with Gasteiger partial charge in [-0.3, -0.25) is 0 Å². The Hall–Kier alpha value is -14.0. The zero-order valence-corrected chi connectivity index (χ0v) is 86.8. The number of hydrogen-bond acceptors (Lipinski definition) is 0. The summed E-state index contributed by atoms with van der Waals surface area (Å²) in [5, 5.41) is 0. The van der Waals surface area contributed by atoms with E-state index < -0.39 is 0 Å². The third-order valence-corrected chi connectivity index (χ3v) is 37.5. The van der Waals surface area contributed by atoms with Crippen molar-refractivity contribution in [2.45, 2.75) is 213 Å². The molecular weight excluding hydrogens is 1720 g/mol. The summed E-state index contributed by atoms with van der Waals surface area (Å²) in [4.78, 5) is 0. The fourth-order valence-corrected chi connectivity index (χ4v) is 29.3. The Balaban J connectivity index is 0.658. The van der Waals surface area contributed by atoms with Gasteiger partial charge in [-0.15, -0.1) is 0 Å². The molecule has 0 heteroatoms. The van der Waals surface area contributed by atoms with Crippen LogP contribution in [0.15, 0.2) is 340 Å². The van der Waals surface area contributed by atoms with Crippen molar-refractivity contribution in [1.82, 2.24) is 0 Å². The second-order valence-electron chi connectivity index (χ2n) is 49.1. The van der Waals surface area contributed by atoms with E-state index in [2.05, 4.69) is 478 Å². The molecule has 0 N–H and O–H groups in total. The van der Waals surface area contributed by atoms with Gasteiger partial charge in [0, 0.05) is 48.7 Å². The smallest absolute Gasteiger partial charge is 0.0215 e. The average molecular weight is 1840 g/mol. The van der Waals surface area contributed by atoms with E-state index in [9.17, 15) is 0 Å². The van der Waals surface area contributed by atoms with Gasteiger partial charge in [-0.2, -0.15) is 0 Å². The van der Waals surface area contributed by atoms with Gasteiger partial charge in [0.2, 0.25) is 0 Å². The van der Waals surface area contributed by atoms with Crippen LogP contribution in [0.2, 0.25) is 0 Å². The van der Waals surface area contributed by atoms with Crippen LogP contribution in [-0.2, 0) is 48.7 Å². The van der Waals surface area contributed by atoms with Crippen molar-refractivity contribution in [3.63, 3.8) is 0 Å². The minimum absolute atomic E-state index is 0.0637. The molecule has 0 unspecified atom stereocenters. The molecule has 0 aliphatic heterocycles. The van der Waals surface area contributed by atoms with E-state index >= 15 is 0 Å². The Kier molecular flexibility index (Phi) is 18.5. The van der Waals surface area contributed by atoms with Crippen molar-refractivity contribution in [1.29, 1.82) is 0 Å². The number of hydrogen-bond donors (Lipinski definition) is 0. The lowest BCUT2D eigenvalue weighted by Gasteiger charge is -2.35. The van der Waals surface area contributed by atoms with Crippen LogP contribution in [0.25, 0.3) is 189 Å². The van der Waals surface area contributed by atoms with Crippen LogP contribution < -0.4 is 0 Å². The van der Waals surface area contributed by atoms with E-state index in [0.29, 0.717) is 11.8 Å². The third kappa shape index (κ3) is 12.3. The first-order chi connectivity index (χ1) is 68.5. The van der Waals surface area contributed by atoms with E-state index in [4.69, 9.17) is 0 Å². The number of rotatable bonds is 14. The summed E-state index contributed by atoms with van der Waals surface area (Å²) in [6, 6.07) is 137. The molecule has 9 aliphatic carbocycles. The van der Waals surface area contributed by atoms with Gasteiger partial charge in [-0.05, 0) is 424 Å². The number of benzene rings is 18. The molecule has 0 nitrogen and oxygen atoms in total. The molecule has 0 amide bonds. The molecule has 0 aromatic heterocycles. The van der Waals surface area contributed by atoms with Crippen molar-refractivity contribution in [3.05, 3.63) is 440 Å². The lowest BCUT2D eigenvalue weighted by atomic mass is 9.68. The molecule has 0 saturated heterocycles. The van der Waals surface area contributed by atoms with Gasteiger partial charge in [-0.1, -0.05) is 381 Å². The normalized spacial score (nSPS) is 16.9. The van der Waals surface area contributed by atoms with E-state index in [0.717, 1.165) is 25.7 Å². The average Bonchev–Trinajstić information content (AvgIpc) is 1.53. The second kappa shape index (κ2) is 30.1. The summed E-state index contributed by atoms with van der Waals surface area (Å²) in [6.45, 7) is 48.9. The van der Waals surface area contributed by atoms with Crippen molar-refractivity contribution in [2.75, 3.05) is 0 Å². The minimum atomic E-state index is -0.356. The molecule has 0 spiro atoms. The van der Waals surface area contributed by atoms with Crippen LogP contribution in [0.3, 0.4) is 0 Å². The Morgan fingerprint density at radius 1 is 0.133 bits per heavy atom. The first kappa shape index (κ1) is 87.9. The summed E-state index contributed by atoms with van der Waals surface area (Å²) in [6.07, 6.45) is 4.22. The summed E-state index contributed by atoms with van der Waals surface area (Å²) < 4.78 is 0. The van der Waals surface area contributed by atoms with E-state index in [1.807, 2.05) is 0 Å². The highest BCUT2D eigenvalue weighted by Gasteiger charge is 2.49. The van der Waals surface area contributed by atoms with Gasteiger partial charge in [0.15, 0.2) is 0 Å². The monoisotopic (exact) mass is 1840 g/mol. The molecule has 0 saturated carbocycles. The molecule has 27 rings (SSSR count). The third-order valence-electron chi connectivity index (χ3n) is 37.5. The molecule has 18 aromatic rings.